The Labute approximate surface area is 208 Å². The number of amides is 1. The normalized spacial score (nSPS) is 11.4. The second-order valence-electron chi connectivity index (χ2n) is 7.97. The maximum atomic E-state index is 12.9. The summed E-state index contributed by atoms with van der Waals surface area (Å²) in [6.07, 6.45) is 3.68. The van der Waals surface area contributed by atoms with Crippen molar-refractivity contribution in [3.8, 4) is 6.07 Å². The lowest BCUT2D eigenvalue weighted by molar-refractivity contribution is -0.112. The van der Waals surface area contributed by atoms with E-state index in [1.54, 1.807) is 17.8 Å². The van der Waals surface area contributed by atoms with Gasteiger partial charge in [0.2, 0.25) is 0 Å². The van der Waals surface area contributed by atoms with Crippen LogP contribution in [0.1, 0.15) is 16.7 Å². The summed E-state index contributed by atoms with van der Waals surface area (Å²) in [6, 6.07) is 23.7. The minimum absolute atomic E-state index is 0.0688. The number of fused-ring (bicyclic) bond motifs is 1. The Kier molecular flexibility index (Phi) is 7.42. The molecule has 4 nitrogen and oxygen atoms in total. The second kappa shape index (κ2) is 10.6. The highest BCUT2D eigenvalue weighted by Gasteiger charge is 2.14. The lowest BCUT2D eigenvalue weighted by atomic mass is 10.1. The van der Waals surface area contributed by atoms with Crippen molar-refractivity contribution in [2.75, 3.05) is 11.1 Å². The number of nitriles is 1. The maximum absolute atomic E-state index is 12.9. The smallest absolute Gasteiger partial charge is 0.266 e. The van der Waals surface area contributed by atoms with Gasteiger partial charge in [0.05, 0.1) is 0 Å². The van der Waals surface area contributed by atoms with Gasteiger partial charge in [-0.1, -0.05) is 41.9 Å². The molecule has 6 heteroatoms. The molecule has 0 saturated carbocycles. The summed E-state index contributed by atoms with van der Waals surface area (Å²) in [6.45, 7) is 4.74. The van der Waals surface area contributed by atoms with Crippen LogP contribution < -0.4 is 5.32 Å². The Balaban J connectivity index is 1.56. The van der Waals surface area contributed by atoms with Crippen molar-refractivity contribution in [2.24, 2.45) is 0 Å². The predicted molar refractivity (Wildman–Crippen MR) is 142 cm³/mol. The van der Waals surface area contributed by atoms with Crippen molar-refractivity contribution in [2.45, 2.75) is 25.3 Å². The molecule has 3 aromatic carbocycles. The van der Waals surface area contributed by atoms with E-state index in [1.807, 2.05) is 80.7 Å². The Morgan fingerprint density at radius 2 is 1.85 bits per heavy atom. The molecule has 0 radical (unpaired) electrons. The summed E-state index contributed by atoms with van der Waals surface area (Å²) < 4.78 is 2.17. The van der Waals surface area contributed by atoms with Gasteiger partial charge in [-0.25, -0.2) is 0 Å². The maximum Gasteiger partial charge on any atom is 0.266 e. The average molecular weight is 486 g/mol. The van der Waals surface area contributed by atoms with Crippen LogP contribution in [0.15, 0.2) is 83.4 Å². The fourth-order valence-corrected chi connectivity index (χ4v) is 4.73. The molecular weight excluding hydrogens is 462 g/mol. The van der Waals surface area contributed by atoms with Crippen LogP contribution >= 0.6 is 23.4 Å². The summed E-state index contributed by atoms with van der Waals surface area (Å²) in [5.41, 5.74) is 4.77. The van der Waals surface area contributed by atoms with Gasteiger partial charge in [-0.3, -0.25) is 4.79 Å². The third kappa shape index (κ3) is 5.36. The molecule has 0 bridgehead atoms. The van der Waals surface area contributed by atoms with Crippen LogP contribution in [0.25, 0.3) is 17.0 Å². The number of para-hydroxylation sites is 1. The summed E-state index contributed by atoms with van der Waals surface area (Å²) in [5, 5.41) is 14.3. The number of anilines is 1. The lowest BCUT2D eigenvalue weighted by Gasteiger charge is -2.09. The van der Waals surface area contributed by atoms with Gasteiger partial charge >= 0.3 is 0 Å². The highest BCUT2D eigenvalue weighted by Crippen LogP contribution is 2.26. The molecule has 34 heavy (non-hydrogen) atoms. The van der Waals surface area contributed by atoms with E-state index in [1.165, 1.54) is 0 Å². The lowest BCUT2D eigenvalue weighted by Crippen LogP contribution is -2.14. The summed E-state index contributed by atoms with van der Waals surface area (Å²) in [7, 11) is 0. The number of carbonyl (C=O) groups is 1. The summed E-state index contributed by atoms with van der Waals surface area (Å²) >= 11 is 7.73. The molecule has 1 heterocycles. The Morgan fingerprint density at radius 1 is 1.09 bits per heavy atom. The molecule has 4 rings (SSSR count). The quantitative estimate of drug-likeness (QED) is 0.170. The van der Waals surface area contributed by atoms with Gasteiger partial charge in [0.15, 0.2) is 0 Å². The van der Waals surface area contributed by atoms with Crippen molar-refractivity contribution in [3.05, 3.63) is 100 Å². The van der Waals surface area contributed by atoms with E-state index in [4.69, 9.17) is 11.6 Å². The number of benzene rings is 3. The van der Waals surface area contributed by atoms with Crippen LogP contribution in [-0.2, 0) is 11.3 Å². The van der Waals surface area contributed by atoms with Gasteiger partial charge in [0.25, 0.3) is 5.91 Å². The Hall–Kier alpha value is -3.46. The first-order chi connectivity index (χ1) is 16.5. The number of rotatable bonds is 7. The SMILES string of the molecule is Cc1cccc(NC(=O)/C(C#N)=C\c2cn(CCSc3ccc(Cl)cc3)c3ccccc23)c1C. The summed E-state index contributed by atoms with van der Waals surface area (Å²) in [4.78, 5) is 14.0. The van der Waals surface area contributed by atoms with Crippen LogP contribution in [0.4, 0.5) is 5.69 Å². The monoisotopic (exact) mass is 485 g/mol. The number of aromatic nitrogens is 1. The van der Waals surface area contributed by atoms with Crippen molar-refractivity contribution in [1.82, 2.24) is 4.57 Å². The minimum atomic E-state index is -0.411. The number of hydrogen-bond donors (Lipinski definition) is 1. The number of halogens is 1. The molecule has 0 aliphatic carbocycles. The molecule has 170 valence electrons. The topological polar surface area (TPSA) is 57.8 Å². The molecule has 1 amide bonds. The van der Waals surface area contributed by atoms with Crippen LogP contribution in [0, 0.1) is 25.2 Å². The number of nitrogens with zero attached hydrogens (tertiary/aromatic N) is 2. The number of thioether (sulfide) groups is 1. The first-order valence-electron chi connectivity index (χ1n) is 10.9. The minimum Gasteiger partial charge on any atom is -0.346 e. The first kappa shape index (κ1) is 23.7. The molecule has 0 unspecified atom stereocenters. The zero-order valence-corrected chi connectivity index (χ0v) is 20.6. The van der Waals surface area contributed by atoms with Gasteiger partial charge in [0, 0.05) is 50.6 Å². The largest absolute Gasteiger partial charge is 0.346 e. The average Bonchev–Trinajstić information content (AvgIpc) is 3.19. The van der Waals surface area contributed by atoms with E-state index in [2.05, 4.69) is 22.0 Å². The second-order valence-corrected chi connectivity index (χ2v) is 9.57. The van der Waals surface area contributed by atoms with Gasteiger partial charge < -0.3 is 9.88 Å². The molecule has 0 spiro atoms. The van der Waals surface area contributed by atoms with Crippen LogP contribution in [0.5, 0.6) is 0 Å². The van der Waals surface area contributed by atoms with E-state index < -0.39 is 5.91 Å². The van der Waals surface area contributed by atoms with Crippen LogP contribution in [0.2, 0.25) is 5.02 Å². The standard InChI is InChI=1S/C28H24ClN3OS/c1-19-6-5-8-26(20(19)2)31-28(33)21(17-30)16-22-18-32(27-9-4-3-7-25(22)27)14-15-34-24-12-10-23(29)11-13-24/h3-13,16,18H,14-15H2,1-2H3,(H,31,33)/b21-16-. The van der Waals surface area contributed by atoms with Crippen molar-refractivity contribution in [1.29, 1.82) is 5.26 Å². The Morgan fingerprint density at radius 3 is 2.62 bits per heavy atom. The first-order valence-corrected chi connectivity index (χ1v) is 12.3. The number of carbonyl (C=O) groups excluding carboxylic acids is 1. The molecule has 0 aliphatic heterocycles. The van der Waals surface area contributed by atoms with Crippen LogP contribution in [0.3, 0.4) is 0 Å². The summed E-state index contributed by atoms with van der Waals surface area (Å²) in [5.74, 6) is 0.466. The zero-order chi connectivity index (χ0) is 24.1. The third-order valence-corrected chi connectivity index (χ3v) is 7.00. The van der Waals surface area contributed by atoms with Crippen LogP contribution in [-0.4, -0.2) is 16.2 Å². The van der Waals surface area contributed by atoms with E-state index in [0.717, 1.165) is 49.8 Å². The molecule has 0 saturated heterocycles. The Bertz CT molecular complexity index is 1410. The van der Waals surface area contributed by atoms with Gasteiger partial charge in [0.1, 0.15) is 11.6 Å². The number of nitrogens with one attached hydrogen (secondary N) is 1. The van der Waals surface area contributed by atoms with E-state index in [-0.39, 0.29) is 5.57 Å². The highest BCUT2D eigenvalue weighted by atomic mass is 35.5. The highest BCUT2D eigenvalue weighted by molar-refractivity contribution is 7.99. The number of aryl methyl sites for hydroxylation is 2. The molecule has 1 aromatic heterocycles. The van der Waals surface area contributed by atoms with E-state index in [9.17, 15) is 10.1 Å². The number of hydrogen-bond acceptors (Lipinski definition) is 3. The molecule has 0 aliphatic rings. The van der Waals surface area contributed by atoms with Crippen molar-refractivity contribution < 1.29 is 4.79 Å². The van der Waals surface area contributed by atoms with Crippen molar-refractivity contribution >= 4 is 51.9 Å². The van der Waals surface area contributed by atoms with E-state index >= 15 is 0 Å². The van der Waals surface area contributed by atoms with Gasteiger partial charge in [-0.2, -0.15) is 5.26 Å². The fraction of sp³-hybridized carbons (Fsp3) is 0.143. The molecular formula is C28H24ClN3OS. The van der Waals surface area contributed by atoms with Crippen molar-refractivity contribution in [3.63, 3.8) is 0 Å². The predicted octanol–water partition coefficient (Wildman–Crippen LogP) is 7.25. The molecule has 4 aromatic rings. The fourth-order valence-electron chi connectivity index (χ4n) is 3.75. The molecule has 0 fully saturated rings. The third-order valence-electron chi connectivity index (χ3n) is 5.75. The van der Waals surface area contributed by atoms with Gasteiger partial charge in [-0.15, -0.1) is 11.8 Å². The molecule has 1 N–H and O–H groups in total. The zero-order valence-electron chi connectivity index (χ0n) is 19.0. The van der Waals surface area contributed by atoms with E-state index in [0.29, 0.717) is 5.69 Å². The molecule has 0 atom stereocenters. The van der Waals surface area contributed by atoms with Gasteiger partial charge in [-0.05, 0) is 67.4 Å².